The summed E-state index contributed by atoms with van der Waals surface area (Å²) < 4.78 is 4.84. The molecule has 0 saturated carbocycles. The molecule has 0 aliphatic heterocycles. The molecule has 15 heavy (non-hydrogen) atoms. The minimum atomic E-state index is -0.535. The normalized spacial score (nSPS) is 12.2. The lowest BCUT2D eigenvalue weighted by Gasteiger charge is -2.04. The van der Waals surface area contributed by atoms with E-state index in [0.29, 0.717) is 5.01 Å². The Bertz CT molecular complexity index is 391. The number of hydrogen-bond acceptors (Lipinski definition) is 5. The molecule has 0 aromatic carbocycles. The van der Waals surface area contributed by atoms with Crippen molar-refractivity contribution in [1.82, 2.24) is 4.98 Å². The smallest absolute Gasteiger partial charge is 0.344 e. The van der Waals surface area contributed by atoms with E-state index in [1.807, 2.05) is 6.92 Å². The molecule has 0 amide bonds. The average Bonchev–Trinajstić information content (AvgIpc) is 2.51. The van der Waals surface area contributed by atoms with Gasteiger partial charge < -0.3 is 9.84 Å². The Morgan fingerprint density at radius 2 is 2.33 bits per heavy atom. The maximum absolute atomic E-state index is 11.5. The van der Waals surface area contributed by atoms with Crippen molar-refractivity contribution in [3.05, 3.63) is 21.8 Å². The Labute approximate surface area is 92.2 Å². The molecule has 82 valence electrons. The van der Waals surface area contributed by atoms with Crippen molar-refractivity contribution in [2.45, 2.75) is 20.8 Å². The molecule has 1 heterocycles. The van der Waals surface area contributed by atoms with E-state index < -0.39 is 5.97 Å². The zero-order chi connectivity index (χ0) is 11.4. The fourth-order valence-electron chi connectivity index (χ4n) is 1.06. The van der Waals surface area contributed by atoms with Crippen molar-refractivity contribution < 1.29 is 14.6 Å². The molecule has 0 fully saturated rings. The predicted molar refractivity (Wildman–Crippen MR) is 58.7 cm³/mol. The van der Waals surface area contributed by atoms with Crippen molar-refractivity contribution in [2.75, 3.05) is 6.61 Å². The first-order chi connectivity index (χ1) is 7.06. The van der Waals surface area contributed by atoms with Crippen LogP contribution in [-0.2, 0) is 9.53 Å². The Hall–Kier alpha value is -1.36. The number of allylic oxidation sites excluding steroid dienone is 1. The van der Waals surface area contributed by atoms with Gasteiger partial charge in [-0.3, -0.25) is 0 Å². The van der Waals surface area contributed by atoms with Crippen molar-refractivity contribution in [3.63, 3.8) is 0 Å². The van der Waals surface area contributed by atoms with Crippen molar-refractivity contribution in [2.24, 2.45) is 0 Å². The summed E-state index contributed by atoms with van der Waals surface area (Å²) in [7, 11) is 0. The summed E-state index contributed by atoms with van der Waals surface area (Å²) in [5, 5.41) is 9.91. The molecule has 0 aliphatic rings. The Kier molecular flexibility index (Phi) is 3.85. The third-order valence-corrected chi connectivity index (χ3v) is 2.61. The minimum Gasteiger partial charge on any atom is -0.512 e. The first kappa shape index (κ1) is 11.7. The highest BCUT2D eigenvalue weighted by molar-refractivity contribution is 7.13. The highest BCUT2D eigenvalue weighted by atomic mass is 32.1. The topological polar surface area (TPSA) is 59.4 Å². The number of aryl methyl sites for hydroxylation is 1. The lowest BCUT2D eigenvalue weighted by Crippen LogP contribution is -2.08. The summed E-state index contributed by atoms with van der Waals surface area (Å²) in [6, 6.07) is 0. The molecule has 0 spiro atoms. The number of thiazole rings is 1. The van der Waals surface area contributed by atoms with Gasteiger partial charge in [0.2, 0.25) is 0 Å². The van der Waals surface area contributed by atoms with E-state index in [1.165, 1.54) is 18.3 Å². The lowest BCUT2D eigenvalue weighted by molar-refractivity contribution is -0.136. The number of hydrogen-bond donors (Lipinski definition) is 1. The van der Waals surface area contributed by atoms with Gasteiger partial charge >= 0.3 is 5.97 Å². The van der Waals surface area contributed by atoms with Crippen LogP contribution in [0, 0.1) is 6.92 Å². The molecule has 1 aromatic heterocycles. The molecule has 4 nitrogen and oxygen atoms in total. The second kappa shape index (κ2) is 4.93. The average molecular weight is 227 g/mol. The van der Waals surface area contributed by atoms with Gasteiger partial charge in [0.15, 0.2) is 0 Å². The van der Waals surface area contributed by atoms with Crippen LogP contribution >= 0.6 is 11.3 Å². The SMILES string of the molecule is CCOC(=O)/C(=C(/C)O)c1ncc(C)s1. The first-order valence-corrected chi connectivity index (χ1v) is 5.37. The summed E-state index contributed by atoms with van der Waals surface area (Å²) in [4.78, 5) is 16.5. The molecular weight excluding hydrogens is 214 g/mol. The molecule has 0 bridgehead atoms. The van der Waals surface area contributed by atoms with E-state index in [1.54, 1.807) is 13.1 Å². The zero-order valence-corrected chi connectivity index (χ0v) is 9.72. The van der Waals surface area contributed by atoms with Crippen LogP contribution < -0.4 is 0 Å². The fraction of sp³-hybridized carbons (Fsp3) is 0.400. The van der Waals surface area contributed by atoms with E-state index in [9.17, 15) is 9.90 Å². The van der Waals surface area contributed by atoms with E-state index in [2.05, 4.69) is 4.98 Å². The first-order valence-electron chi connectivity index (χ1n) is 4.56. The number of aromatic nitrogens is 1. The van der Waals surface area contributed by atoms with Gasteiger partial charge in [0, 0.05) is 11.1 Å². The van der Waals surface area contributed by atoms with E-state index in [0.717, 1.165) is 4.88 Å². The zero-order valence-electron chi connectivity index (χ0n) is 8.90. The number of carbonyl (C=O) groups excluding carboxylic acids is 1. The maximum atomic E-state index is 11.5. The quantitative estimate of drug-likeness (QED) is 0.489. The van der Waals surface area contributed by atoms with Crippen LogP contribution in [0.4, 0.5) is 0 Å². The minimum absolute atomic E-state index is 0.0669. The molecule has 0 atom stereocenters. The fourth-order valence-corrected chi connectivity index (χ4v) is 1.91. The molecule has 0 saturated heterocycles. The third kappa shape index (κ3) is 2.79. The van der Waals surface area contributed by atoms with E-state index in [4.69, 9.17) is 4.74 Å². The van der Waals surface area contributed by atoms with Gasteiger partial charge in [-0.2, -0.15) is 0 Å². The summed E-state index contributed by atoms with van der Waals surface area (Å²) in [6.45, 7) is 5.33. The van der Waals surface area contributed by atoms with Crippen molar-refractivity contribution in [1.29, 1.82) is 0 Å². The Morgan fingerprint density at radius 1 is 1.67 bits per heavy atom. The number of rotatable bonds is 3. The molecule has 5 heteroatoms. The van der Waals surface area contributed by atoms with Gasteiger partial charge in [-0.1, -0.05) is 0 Å². The number of carbonyl (C=O) groups is 1. The van der Waals surface area contributed by atoms with Crippen molar-refractivity contribution in [3.8, 4) is 0 Å². The van der Waals surface area contributed by atoms with Crippen LogP contribution in [0.25, 0.3) is 5.57 Å². The van der Waals surface area contributed by atoms with E-state index >= 15 is 0 Å². The predicted octanol–water partition coefficient (Wildman–Crippen LogP) is 2.30. The van der Waals surface area contributed by atoms with Gasteiger partial charge in [-0.15, -0.1) is 11.3 Å². The summed E-state index contributed by atoms with van der Waals surface area (Å²) in [5.41, 5.74) is 0.148. The molecule has 1 N–H and O–H groups in total. The van der Waals surface area contributed by atoms with Gasteiger partial charge in [0.05, 0.1) is 6.61 Å². The highest BCUT2D eigenvalue weighted by Crippen LogP contribution is 2.23. The van der Waals surface area contributed by atoms with E-state index in [-0.39, 0.29) is 17.9 Å². The monoisotopic (exact) mass is 227 g/mol. The summed E-state index contributed by atoms with van der Waals surface area (Å²) >= 11 is 1.35. The number of ether oxygens (including phenoxy) is 1. The van der Waals surface area contributed by atoms with Crippen LogP contribution in [0.2, 0.25) is 0 Å². The van der Waals surface area contributed by atoms with Gasteiger partial charge in [0.1, 0.15) is 16.3 Å². The summed E-state index contributed by atoms with van der Waals surface area (Å²) in [5.74, 6) is -0.602. The Morgan fingerprint density at radius 3 is 2.73 bits per heavy atom. The summed E-state index contributed by atoms with van der Waals surface area (Å²) in [6.07, 6.45) is 1.65. The van der Waals surface area contributed by atoms with Crippen LogP contribution in [-0.4, -0.2) is 22.7 Å². The number of aliphatic hydroxyl groups is 1. The van der Waals surface area contributed by atoms with Crippen LogP contribution in [0.3, 0.4) is 0 Å². The second-order valence-corrected chi connectivity index (χ2v) is 4.19. The Balaban J connectivity index is 3.05. The number of aliphatic hydroxyl groups excluding tert-OH is 1. The number of nitrogens with zero attached hydrogens (tertiary/aromatic N) is 1. The van der Waals surface area contributed by atoms with Crippen LogP contribution in [0.1, 0.15) is 23.7 Å². The third-order valence-electron chi connectivity index (χ3n) is 1.68. The largest absolute Gasteiger partial charge is 0.512 e. The maximum Gasteiger partial charge on any atom is 0.344 e. The van der Waals surface area contributed by atoms with Gasteiger partial charge in [-0.25, -0.2) is 9.78 Å². The van der Waals surface area contributed by atoms with Gasteiger partial charge in [0.25, 0.3) is 0 Å². The lowest BCUT2D eigenvalue weighted by atomic mass is 10.2. The molecule has 0 radical (unpaired) electrons. The van der Waals surface area contributed by atoms with Crippen LogP contribution in [0.15, 0.2) is 12.0 Å². The number of esters is 1. The molecule has 0 unspecified atom stereocenters. The van der Waals surface area contributed by atoms with Gasteiger partial charge in [-0.05, 0) is 20.8 Å². The highest BCUT2D eigenvalue weighted by Gasteiger charge is 2.19. The standard InChI is InChI=1S/C10H13NO3S/c1-4-14-10(13)8(7(3)12)9-11-5-6(2)15-9/h5,12H,4H2,1-3H3/b8-7-. The molecule has 1 rings (SSSR count). The molecular formula is C10H13NO3S. The molecule has 0 aliphatic carbocycles. The van der Waals surface area contributed by atoms with Crippen molar-refractivity contribution >= 4 is 22.9 Å². The second-order valence-electron chi connectivity index (χ2n) is 2.96. The van der Waals surface area contributed by atoms with Crippen LogP contribution in [0.5, 0.6) is 0 Å². The molecule has 1 aromatic rings.